The van der Waals surface area contributed by atoms with Crippen molar-refractivity contribution in [1.82, 2.24) is 10.3 Å². The molecule has 0 radical (unpaired) electrons. The van der Waals surface area contributed by atoms with E-state index in [-0.39, 0.29) is 5.82 Å². The second kappa shape index (κ2) is 6.63. The molecule has 0 aliphatic heterocycles. The number of hydrogen-bond donors (Lipinski definition) is 1. The van der Waals surface area contributed by atoms with E-state index >= 15 is 0 Å². The maximum absolute atomic E-state index is 13.1. The average Bonchev–Trinajstić information content (AvgIpc) is 2.42. The Kier molecular flexibility index (Phi) is 4.87. The number of ether oxygens (including phenoxy) is 1. The van der Waals surface area contributed by atoms with Gasteiger partial charge in [0.2, 0.25) is 5.88 Å². The number of halogens is 2. The molecule has 0 unspecified atom stereocenters. The van der Waals surface area contributed by atoms with Gasteiger partial charge < -0.3 is 10.1 Å². The zero-order chi connectivity index (χ0) is 13.7. The van der Waals surface area contributed by atoms with Crippen molar-refractivity contribution >= 4 is 15.9 Å². The summed E-state index contributed by atoms with van der Waals surface area (Å²) < 4.78 is 19.3. The first-order valence-electron chi connectivity index (χ1n) is 5.97. The third kappa shape index (κ3) is 4.01. The summed E-state index contributed by atoms with van der Waals surface area (Å²) in [4.78, 5) is 4.19. The van der Waals surface area contributed by atoms with Crippen LogP contribution in [0.15, 0.2) is 41.0 Å². The molecular weight excluding hydrogens is 311 g/mol. The van der Waals surface area contributed by atoms with Gasteiger partial charge in [-0.3, -0.25) is 0 Å². The van der Waals surface area contributed by atoms with Crippen LogP contribution in [0.2, 0.25) is 0 Å². The molecule has 100 valence electrons. The van der Waals surface area contributed by atoms with E-state index in [0.29, 0.717) is 16.1 Å². The topological polar surface area (TPSA) is 34.1 Å². The lowest BCUT2D eigenvalue weighted by molar-refractivity contribution is 0.454. The van der Waals surface area contributed by atoms with Crippen LogP contribution in [0.25, 0.3) is 0 Å². The first-order valence-corrected chi connectivity index (χ1v) is 6.77. The Labute approximate surface area is 119 Å². The Morgan fingerprint density at radius 2 is 2.16 bits per heavy atom. The molecule has 0 amide bonds. The van der Waals surface area contributed by atoms with Crippen LogP contribution in [0.3, 0.4) is 0 Å². The molecule has 1 N–H and O–H groups in total. The summed E-state index contributed by atoms with van der Waals surface area (Å²) in [6.45, 7) is 3.73. The van der Waals surface area contributed by atoms with Crippen molar-refractivity contribution in [2.24, 2.45) is 0 Å². The molecule has 0 aliphatic carbocycles. The summed E-state index contributed by atoms with van der Waals surface area (Å²) in [7, 11) is 0. The third-order valence-electron chi connectivity index (χ3n) is 2.48. The van der Waals surface area contributed by atoms with Gasteiger partial charge in [0, 0.05) is 24.9 Å². The molecule has 0 fully saturated rings. The predicted molar refractivity (Wildman–Crippen MR) is 75.8 cm³/mol. The number of aromatic nitrogens is 1. The number of benzene rings is 1. The van der Waals surface area contributed by atoms with Gasteiger partial charge in [0.15, 0.2) is 0 Å². The monoisotopic (exact) mass is 324 g/mol. The van der Waals surface area contributed by atoms with Crippen LogP contribution in [-0.2, 0) is 6.54 Å². The average molecular weight is 325 g/mol. The standard InChI is InChI=1S/C14H14BrFN2O/c1-2-17-8-10-3-6-14(18-9-10)19-13-7-11(16)4-5-12(13)15/h3-7,9,17H,2,8H2,1H3. The molecule has 1 heterocycles. The third-order valence-corrected chi connectivity index (χ3v) is 3.14. The Hall–Kier alpha value is -1.46. The molecular formula is C14H14BrFN2O. The minimum absolute atomic E-state index is 0.345. The quantitative estimate of drug-likeness (QED) is 0.906. The number of nitrogens with zero attached hydrogens (tertiary/aromatic N) is 1. The smallest absolute Gasteiger partial charge is 0.219 e. The SMILES string of the molecule is CCNCc1ccc(Oc2cc(F)ccc2Br)nc1. The highest BCUT2D eigenvalue weighted by Crippen LogP contribution is 2.29. The van der Waals surface area contributed by atoms with Crippen LogP contribution in [0.4, 0.5) is 4.39 Å². The minimum Gasteiger partial charge on any atom is -0.438 e. The fraction of sp³-hybridized carbons (Fsp3) is 0.214. The zero-order valence-electron chi connectivity index (χ0n) is 10.5. The number of nitrogens with one attached hydrogen (secondary N) is 1. The maximum Gasteiger partial charge on any atom is 0.219 e. The zero-order valence-corrected chi connectivity index (χ0v) is 12.1. The summed E-state index contributed by atoms with van der Waals surface area (Å²) in [5.74, 6) is 0.500. The van der Waals surface area contributed by atoms with Gasteiger partial charge in [-0.2, -0.15) is 0 Å². The number of rotatable bonds is 5. The Bertz CT molecular complexity index is 546. The lowest BCUT2D eigenvalue weighted by Gasteiger charge is -2.07. The second-order valence-corrected chi connectivity index (χ2v) is 4.82. The number of hydrogen-bond acceptors (Lipinski definition) is 3. The molecule has 2 aromatic rings. The van der Waals surface area contributed by atoms with Crippen molar-refractivity contribution in [3.8, 4) is 11.6 Å². The minimum atomic E-state index is -0.345. The summed E-state index contributed by atoms with van der Waals surface area (Å²) in [6.07, 6.45) is 1.74. The predicted octanol–water partition coefficient (Wildman–Crippen LogP) is 3.89. The van der Waals surface area contributed by atoms with Crippen molar-refractivity contribution in [3.63, 3.8) is 0 Å². The molecule has 3 nitrogen and oxygen atoms in total. The van der Waals surface area contributed by atoms with Crippen LogP contribution in [0, 0.1) is 5.82 Å². The summed E-state index contributed by atoms with van der Waals surface area (Å²) in [5.41, 5.74) is 1.08. The van der Waals surface area contributed by atoms with Crippen LogP contribution in [0.5, 0.6) is 11.6 Å². The Morgan fingerprint density at radius 3 is 2.84 bits per heavy atom. The Balaban J connectivity index is 2.08. The van der Waals surface area contributed by atoms with Crippen LogP contribution >= 0.6 is 15.9 Å². The summed E-state index contributed by atoms with van der Waals surface area (Å²) in [6, 6.07) is 7.98. The fourth-order valence-corrected chi connectivity index (χ4v) is 1.84. The number of pyridine rings is 1. The van der Waals surface area contributed by atoms with Crippen molar-refractivity contribution in [1.29, 1.82) is 0 Å². The molecule has 0 saturated carbocycles. The first kappa shape index (κ1) is 14.0. The lowest BCUT2D eigenvalue weighted by atomic mass is 10.3. The van der Waals surface area contributed by atoms with Crippen molar-refractivity contribution in [2.45, 2.75) is 13.5 Å². The molecule has 1 aromatic heterocycles. The van der Waals surface area contributed by atoms with Gasteiger partial charge in [-0.1, -0.05) is 13.0 Å². The first-order chi connectivity index (χ1) is 9.19. The fourth-order valence-electron chi connectivity index (χ4n) is 1.51. The molecule has 0 aliphatic rings. The van der Waals surface area contributed by atoms with Crippen LogP contribution < -0.4 is 10.1 Å². The highest BCUT2D eigenvalue weighted by molar-refractivity contribution is 9.10. The molecule has 0 saturated heterocycles. The van der Waals surface area contributed by atoms with E-state index in [0.717, 1.165) is 18.7 Å². The van der Waals surface area contributed by atoms with Gasteiger partial charge in [-0.25, -0.2) is 9.37 Å². The van der Waals surface area contributed by atoms with Crippen LogP contribution in [-0.4, -0.2) is 11.5 Å². The van der Waals surface area contributed by atoms with Gasteiger partial charge in [0.05, 0.1) is 4.47 Å². The molecule has 0 bridgehead atoms. The van der Waals surface area contributed by atoms with E-state index in [2.05, 4.69) is 26.2 Å². The molecule has 5 heteroatoms. The van der Waals surface area contributed by atoms with E-state index in [1.807, 2.05) is 13.0 Å². The van der Waals surface area contributed by atoms with E-state index in [9.17, 15) is 4.39 Å². The van der Waals surface area contributed by atoms with Crippen molar-refractivity contribution < 1.29 is 9.13 Å². The summed E-state index contributed by atoms with van der Waals surface area (Å²) >= 11 is 3.31. The maximum atomic E-state index is 13.1. The normalized spacial score (nSPS) is 10.5. The van der Waals surface area contributed by atoms with Gasteiger partial charge in [0.1, 0.15) is 11.6 Å². The van der Waals surface area contributed by atoms with Crippen LogP contribution in [0.1, 0.15) is 12.5 Å². The van der Waals surface area contributed by atoms with Gasteiger partial charge in [-0.15, -0.1) is 0 Å². The lowest BCUT2D eigenvalue weighted by Crippen LogP contribution is -2.11. The second-order valence-electron chi connectivity index (χ2n) is 3.96. The van der Waals surface area contributed by atoms with Crippen molar-refractivity contribution in [2.75, 3.05) is 6.54 Å². The van der Waals surface area contributed by atoms with E-state index < -0.39 is 0 Å². The van der Waals surface area contributed by atoms with Gasteiger partial charge >= 0.3 is 0 Å². The highest BCUT2D eigenvalue weighted by atomic mass is 79.9. The molecule has 19 heavy (non-hydrogen) atoms. The van der Waals surface area contributed by atoms with E-state index in [4.69, 9.17) is 4.74 Å². The Morgan fingerprint density at radius 1 is 1.32 bits per heavy atom. The highest BCUT2D eigenvalue weighted by Gasteiger charge is 2.05. The van der Waals surface area contributed by atoms with Crippen molar-refractivity contribution in [3.05, 3.63) is 52.4 Å². The largest absolute Gasteiger partial charge is 0.438 e. The van der Waals surface area contributed by atoms with E-state index in [1.165, 1.54) is 12.1 Å². The molecule has 0 spiro atoms. The molecule has 2 rings (SSSR count). The molecule has 0 atom stereocenters. The summed E-state index contributed by atoms with van der Waals surface area (Å²) in [5, 5.41) is 3.21. The van der Waals surface area contributed by atoms with Gasteiger partial charge in [-0.05, 0) is 40.2 Å². The van der Waals surface area contributed by atoms with E-state index in [1.54, 1.807) is 18.3 Å². The van der Waals surface area contributed by atoms with Gasteiger partial charge in [0.25, 0.3) is 0 Å². The molecule has 1 aromatic carbocycles.